The van der Waals surface area contributed by atoms with Gasteiger partial charge in [0.15, 0.2) is 17.3 Å². The third-order valence-corrected chi connectivity index (χ3v) is 2.13. The van der Waals surface area contributed by atoms with E-state index in [4.69, 9.17) is 10.5 Å². The minimum atomic E-state index is -1.15. The van der Waals surface area contributed by atoms with Crippen molar-refractivity contribution in [2.75, 3.05) is 19.5 Å². The van der Waals surface area contributed by atoms with Crippen LogP contribution < -0.4 is 10.5 Å². The fraction of sp³-hybridized carbons (Fsp3) is 0.300. The van der Waals surface area contributed by atoms with E-state index in [9.17, 15) is 19.3 Å². The van der Waals surface area contributed by atoms with Crippen molar-refractivity contribution >= 4 is 17.3 Å². The number of methoxy groups -OCH3 is 1. The van der Waals surface area contributed by atoms with Gasteiger partial charge in [0.25, 0.3) is 5.69 Å². The lowest BCUT2D eigenvalue weighted by molar-refractivity contribution is -0.384. The smallest absolute Gasteiger partial charge is 0.342 e. The summed E-state index contributed by atoms with van der Waals surface area (Å²) >= 11 is 0. The van der Waals surface area contributed by atoms with Gasteiger partial charge in [-0.15, -0.1) is 0 Å². The quantitative estimate of drug-likeness (QED) is 0.379. The van der Waals surface area contributed by atoms with Gasteiger partial charge in [0.05, 0.1) is 18.6 Å². The molecule has 0 unspecified atom stereocenters. The Morgan fingerprint density at radius 3 is 2.67 bits per heavy atom. The lowest BCUT2D eigenvalue weighted by Crippen LogP contribution is -2.11. The Kier molecular flexibility index (Phi) is 4.03. The van der Waals surface area contributed by atoms with Crippen LogP contribution in [0.4, 0.5) is 15.8 Å². The molecule has 18 heavy (non-hydrogen) atoms. The number of benzene rings is 1. The number of carbonyl (C=O) groups is 1. The number of nitro benzene ring substituents is 1. The highest BCUT2D eigenvalue weighted by Gasteiger charge is 2.27. The molecule has 1 aromatic carbocycles. The van der Waals surface area contributed by atoms with Crippen LogP contribution in [0.25, 0.3) is 0 Å². The topological polar surface area (TPSA) is 105 Å². The first kappa shape index (κ1) is 13.7. The second-order valence-corrected chi connectivity index (χ2v) is 3.18. The minimum absolute atomic E-state index is 0.0676. The molecule has 0 aromatic heterocycles. The summed E-state index contributed by atoms with van der Waals surface area (Å²) in [7, 11) is 1.07. The van der Waals surface area contributed by atoms with Crippen LogP contribution in [0.15, 0.2) is 6.07 Å². The SMILES string of the molecule is CCOc1c(C(=O)OC)cc([N+](=O)[O-])c(N)c1F. The first-order chi connectivity index (χ1) is 8.43. The number of hydrogen-bond acceptors (Lipinski definition) is 6. The van der Waals surface area contributed by atoms with E-state index in [1.165, 1.54) is 0 Å². The maximum atomic E-state index is 13.8. The van der Waals surface area contributed by atoms with E-state index in [2.05, 4.69) is 4.74 Å². The van der Waals surface area contributed by atoms with Crippen LogP contribution in [0.5, 0.6) is 5.75 Å². The third kappa shape index (κ3) is 2.31. The average Bonchev–Trinajstić information content (AvgIpc) is 2.34. The number of esters is 1. The number of nitrogen functional groups attached to an aromatic ring is 1. The molecule has 1 rings (SSSR count). The number of ether oxygens (including phenoxy) is 2. The monoisotopic (exact) mass is 258 g/mol. The molecular weight excluding hydrogens is 247 g/mol. The van der Waals surface area contributed by atoms with Crippen LogP contribution in [-0.4, -0.2) is 24.6 Å². The number of anilines is 1. The minimum Gasteiger partial charge on any atom is -0.490 e. The summed E-state index contributed by atoms with van der Waals surface area (Å²) in [5, 5.41) is 10.7. The molecule has 7 nitrogen and oxygen atoms in total. The van der Waals surface area contributed by atoms with E-state index in [1.54, 1.807) is 6.92 Å². The summed E-state index contributed by atoms with van der Waals surface area (Å²) in [5.74, 6) is -2.54. The molecule has 0 saturated heterocycles. The highest BCUT2D eigenvalue weighted by atomic mass is 19.1. The van der Waals surface area contributed by atoms with Gasteiger partial charge in [-0.2, -0.15) is 0 Å². The van der Waals surface area contributed by atoms with Crippen LogP contribution in [0.3, 0.4) is 0 Å². The molecule has 1 aromatic rings. The Hall–Kier alpha value is -2.38. The van der Waals surface area contributed by atoms with E-state index in [1.807, 2.05) is 0 Å². The lowest BCUT2D eigenvalue weighted by atomic mass is 10.1. The van der Waals surface area contributed by atoms with Crippen molar-refractivity contribution in [3.8, 4) is 5.75 Å². The number of hydrogen-bond donors (Lipinski definition) is 1. The molecule has 98 valence electrons. The Labute approximate surface area is 101 Å². The molecule has 0 aliphatic heterocycles. The summed E-state index contributed by atoms with van der Waals surface area (Å²) in [4.78, 5) is 21.2. The molecule has 0 fully saturated rings. The van der Waals surface area contributed by atoms with Crippen LogP contribution in [0.1, 0.15) is 17.3 Å². The first-order valence-corrected chi connectivity index (χ1v) is 4.91. The normalized spacial score (nSPS) is 9.94. The molecule has 0 heterocycles. The Bertz CT molecular complexity index is 504. The van der Waals surface area contributed by atoms with Crippen molar-refractivity contribution in [2.24, 2.45) is 0 Å². The number of nitro groups is 1. The van der Waals surface area contributed by atoms with Gasteiger partial charge in [0.1, 0.15) is 5.56 Å². The predicted octanol–water partition coefficient (Wildman–Crippen LogP) is 1.50. The van der Waals surface area contributed by atoms with E-state index in [-0.39, 0.29) is 12.2 Å². The Morgan fingerprint density at radius 1 is 1.61 bits per heavy atom. The van der Waals surface area contributed by atoms with Crippen LogP contribution >= 0.6 is 0 Å². The maximum Gasteiger partial charge on any atom is 0.342 e. The summed E-state index contributed by atoms with van der Waals surface area (Å²) in [6.07, 6.45) is 0. The average molecular weight is 258 g/mol. The van der Waals surface area contributed by atoms with Gasteiger partial charge in [0, 0.05) is 6.07 Å². The third-order valence-electron chi connectivity index (χ3n) is 2.13. The molecular formula is C10H11FN2O5. The molecule has 0 bridgehead atoms. The summed E-state index contributed by atoms with van der Waals surface area (Å²) in [6, 6.07) is 0.829. The van der Waals surface area contributed by atoms with Crippen LogP contribution in [0, 0.1) is 15.9 Å². The molecule has 0 saturated carbocycles. The number of rotatable bonds is 4. The van der Waals surface area contributed by atoms with Crippen molar-refractivity contribution in [2.45, 2.75) is 6.92 Å². The van der Waals surface area contributed by atoms with E-state index in [0.29, 0.717) is 0 Å². The van der Waals surface area contributed by atoms with Crippen molar-refractivity contribution in [1.82, 2.24) is 0 Å². The van der Waals surface area contributed by atoms with E-state index < -0.39 is 33.8 Å². The fourth-order valence-corrected chi connectivity index (χ4v) is 1.33. The van der Waals surface area contributed by atoms with Crippen molar-refractivity contribution in [3.05, 3.63) is 27.6 Å². The molecule has 8 heteroatoms. The van der Waals surface area contributed by atoms with Gasteiger partial charge in [-0.05, 0) is 6.92 Å². The molecule has 0 amide bonds. The standard InChI is InChI=1S/C10H11FN2O5/c1-3-18-9-5(10(14)17-2)4-6(13(15)16)8(12)7(9)11/h4H,3,12H2,1-2H3. The van der Waals surface area contributed by atoms with Crippen LogP contribution in [-0.2, 0) is 4.74 Å². The second kappa shape index (κ2) is 5.30. The summed E-state index contributed by atoms with van der Waals surface area (Å²) in [5.41, 5.74) is 3.50. The van der Waals surface area contributed by atoms with Gasteiger partial charge in [-0.1, -0.05) is 0 Å². The van der Waals surface area contributed by atoms with Crippen molar-refractivity contribution in [3.63, 3.8) is 0 Å². The van der Waals surface area contributed by atoms with Crippen LogP contribution in [0.2, 0.25) is 0 Å². The van der Waals surface area contributed by atoms with Gasteiger partial charge >= 0.3 is 5.97 Å². The number of halogens is 1. The van der Waals surface area contributed by atoms with Gasteiger partial charge in [-0.3, -0.25) is 10.1 Å². The summed E-state index contributed by atoms with van der Waals surface area (Å²) in [6.45, 7) is 1.64. The number of nitrogens with two attached hydrogens (primary N) is 1. The zero-order chi connectivity index (χ0) is 13.9. The van der Waals surface area contributed by atoms with Gasteiger partial charge < -0.3 is 15.2 Å². The lowest BCUT2D eigenvalue weighted by Gasteiger charge is -2.11. The fourth-order valence-electron chi connectivity index (χ4n) is 1.33. The first-order valence-electron chi connectivity index (χ1n) is 4.91. The van der Waals surface area contributed by atoms with E-state index >= 15 is 0 Å². The molecule has 0 spiro atoms. The zero-order valence-electron chi connectivity index (χ0n) is 9.73. The zero-order valence-corrected chi connectivity index (χ0v) is 9.73. The molecule has 0 radical (unpaired) electrons. The summed E-state index contributed by atoms with van der Waals surface area (Å²) < 4.78 is 23.1. The molecule has 0 aliphatic carbocycles. The van der Waals surface area contributed by atoms with E-state index in [0.717, 1.165) is 13.2 Å². The molecule has 0 atom stereocenters. The van der Waals surface area contributed by atoms with Gasteiger partial charge in [0.2, 0.25) is 0 Å². The van der Waals surface area contributed by atoms with Crippen molar-refractivity contribution in [1.29, 1.82) is 0 Å². The Balaban J connectivity index is 3.55. The van der Waals surface area contributed by atoms with Gasteiger partial charge in [-0.25, -0.2) is 9.18 Å². The molecule has 2 N–H and O–H groups in total. The number of carbonyl (C=O) groups excluding carboxylic acids is 1. The maximum absolute atomic E-state index is 13.8. The highest BCUT2D eigenvalue weighted by Crippen LogP contribution is 2.35. The Morgan fingerprint density at radius 2 is 2.22 bits per heavy atom. The second-order valence-electron chi connectivity index (χ2n) is 3.18. The largest absolute Gasteiger partial charge is 0.490 e. The molecule has 0 aliphatic rings. The predicted molar refractivity (Wildman–Crippen MR) is 60.0 cm³/mol. The number of nitrogens with zero attached hydrogens (tertiary/aromatic N) is 1. The van der Waals surface area contributed by atoms with Crippen molar-refractivity contribution < 1.29 is 23.6 Å². The highest BCUT2D eigenvalue weighted by molar-refractivity contribution is 5.94.